The molecule has 4 N–H and O–H groups in total. The predicted octanol–water partition coefficient (Wildman–Crippen LogP) is 1.97. The van der Waals surface area contributed by atoms with E-state index in [1.165, 1.54) is 12.1 Å². The zero-order valence-electron chi connectivity index (χ0n) is 18.4. The maximum atomic E-state index is 12.1. The molecule has 0 aliphatic carbocycles. The van der Waals surface area contributed by atoms with Crippen molar-refractivity contribution >= 4 is 15.9 Å². The molecule has 0 spiro atoms. The number of benzene rings is 2. The first-order valence-electron chi connectivity index (χ1n) is 9.92. The zero-order valence-corrected chi connectivity index (χ0v) is 19.2. The normalized spacial score (nSPS) is 11.8. The van der Waals surface area contributed by atoms with Gasteiger partial charge in [-0.15, -0.1) is 0 Å². The second kappa shape index (κ2) is 10.6. The standard InChI is InChI=1S/C22H31N3O5S/c1-22(2,3)25-20(26)15-30-21-17(6-5-7-19(21)29-4)14-24-13-12-16-8-10-18(11-9-16)31(23,27)28/h5-11,24H,12-15H2,1-4H3,(H,25,26)(H2,23,27,28). The summed E-state index contributed by atoms with van der Waals surface area (Å²) in [6, 6.07) is 12.1. The quantitative estimate of drug-likeness (QED) is 0.477. The first-order valence-corrected chi connectivity index (χ1v) is 11.5. The molecule has 0 aromatic heterocycles. The lowest BCUT2D eigenvalue weighted by atomic mass is 10.1. The summed E-state index contributed by atoms with van der Waals surface area (Å²) in [6.07, 6.45) is 0.707. The van der Waals surface area contributed by atoms with E-state index in [2.05, 4.69) is 10.6 Å². The number of rotatable bonds is 10. The van der Waals surface area contributed by atoms with Crippen molar-refractivity contribution in [1.82, 2.24) is 10.6 Å². The number of nitrogens with one attached hydrogen (secondary N) is 2. The Kier molecular flexibility index (Phi) is 8.43. The second-order valence-corrected chi connectivity index (χ2v) is 9.71. The molecule has 31 heavy (non-hydrogen) atoms. The predicted molar refractivity (Wildman–Crippen MR) is 120 cm³/mol. The van der Waals surface area contributed by atoms with E-state index < -0.39 is 10.0 Å². The summed E-state index contributed by atoms with van der Waals surface area (Å²) in [5.41, 5.74) is 1.52. The van der Waals surface area contributed by atoms with Gasteiger partial charge in [-0.1, -0.05) is 24.3 Å². The van der Waals surface area contributed by atoms with Gasteiger partial charge in [-0.05, 0) is 57.5 Å². The average molecular weight is 450 g/mol. The van der Waals surface area contributed by atoms with Crippen molar-refractivity contribution < 1.29 is 22.7 Å². The minimum atomic E-state index is -3.68. The molecule has 1 amide bonds. The van der Waals surface area contributed by atoms with Gasteiger partial charge in [0.15, 0.2) is 18.1 Å². The number of sulfonamides is 1. The van der Waals surface area contributed by atoms with Crippen molar-refractivity contribution in [2.75, 3.05) is 20.3 Å². The van der Waals surface area contributed by atoms with Crippen molar-refractivity contribution in [3.05, 3.63) is 53.6 Å². The van der Waals surface area contributed by atoms with Gasteiger partial charge in [-0.25, -0.2) is 13.6 Å². The maximum absolute atomic E-state index is 12.1. The third kappa shape index (κ3) is 8.20. The Hall–Kier alpha value is -2.62. The molecule has 9 heteroatoms. The number of hydrogen-bond acceptors (Lipinski definition) is 6. The lowest BCUT2D eigenvalue weighted by Gasteiger charge is -2.21. The molecule has 0 saturated carbocycles. The van der Waals surface area contributed by atoms with Gasteiger partial charge in [0.1, 0.15) is 0 Å². The van der Waals surface area contributed by atoms with Gasteiger partial charge in [-0.3, -0.25) is 4.79 Å². The summed E-state index contributed by atoms with van der Waals surface area (Å²) in [4.78, 5) is 12.2. The largest absolute Gasteiger partial charge is 0.493 e. The minimum absolute atomic E-state index is 0.0953. The van der Waals surface area contributed by atoms with Gasteiger partial charge >= 0.3 is 0 Å². The Morgan fingerprint density at radius 2 is 1.77 bits per heavy atom. The Bertz CT molecular complexity index is 983. The van der Waals surface area contributed by atoms with Crippen LogP contribution in [0.15, 0.2) is 47.4 Å². The van der Waals surface area contributed by atoms with E-state index >= 15 is 0 Å². The van der Waals surface area contributed by atoms with Crippen molar-refractivity contribution in [1.29, 1.82) is 0 Å². The Balaban J connectivity index is 1.94. The highest BCUT2D eigenvalue weighted by Crippen LogP contribution is 2.31. The molecule has 2 aromatic rings. The van der Waals surface area contributed by atoms with E-state index in [4.69, 9.17) is 14.6 Å². The van der Waals surface area contributed by atoms with Gasteiger partial charge in [0.2, 0.25) is 10.0 Å². The summed E-state index contributed by atoms with van der Waals surface area (Å²) < 4.78 is 33.8. The van der Waals surface area contributed by atoms with Crippen molar-refractivity contribution in [2.45, 2.75) is 44.2 Å². The highest BCUT2D eigenvalue weighted by atomic mass is 32.2. The Morgan fingerprint density at radius 1 is 1.10 bits per heavy atom. The molecule has 2 rings (SSSR count). The molecular formula is C22H31N3O5S. The monoisotopic (exact) mass is 449 g/mol. The molecule has 0 fully saturated rings. The fourth-order valence-corrected chi connectivity index (χ4v) is 3.43. The molecule has 0 bridgehead atoms. The number of carbonyl (C=O) groups excluding carboxylic acids is 1. The van der Waals surface area contributed by atoms with E-state index in [9.17, 15) is 13.2 Å². The lowest BCUT2D eigenvalue weighted by Crippen LogP contribution is -2.43. The van der Waals surface area contributed by atoms with E-state index in [0.29, 0.717) is 31.0 Å². The fraction of sp³-hybridized carbons (Fsp3) is 0.409. The fourth-order valence-electron chi connectivity index (χ4n) is 2.92. The van der Waals surface area contributed by atoms with Crippen LogP contribution in [-0.2, 0) is 27.8 Å². The molecular weight excluding hydrogens is 418 g/mol. The highest BCUT2D eigenvalue weighted by Gasteiger charge is 2.16. The van der Waals surface area contributed by atoms with Crippen molar-refractivity contribution in [3.8, 4) is 11.5 Å². The molecule has 0 radical (unpaired) electrons. The number of hydrogen-bond donors (Lipinski definition) is 3. The smallest absolute Gasteiger partial charge is 0.258 e. The Morgan fingerprint density at radius 3 is 2.35 bits per heavy atom. The van der Waals surface area contributed by atoms with Crippen LogP contribution in [0.1, 0.15) is 31.9 Å². The first-order chi connectivity index (χ1) is 14.5. The van der Waals surface area contributed by atoms with Crippen LogP contribution in [0.5, 0.6) is 11.5 Å². The zero-order chi connectivity index (χ0) is 23.1. The molecule has 0 heterocycles. The number of ether oxygens (including phenoxy) is 2. The number of primary sulfonamides is 1. The number of methoxy groups -OCH3 is 1. The summed E-state index contributed by atoms with van der Waals surface area (Å²) in [7, 11) is -2.13. The van der Waals surface area contributed by atoms with E-state index in [1.807, 2.05) is 32.9 Å². The van der Waals surface area contributed by atoms with Crippen LogP contribution in [0, 0.1) is 0 Å². The van der Waals surface area contributed by atoms with Crippen LogP contribution in [0.3, 0.4) is 0 Å². The number of para-hydroxylation sites is 1. The third-order valence-corrected chi connectivity index (χ3v) is 5.23. The van der Waals surface area contributed by atoms with Gasteiger partial charge in [-0.2, -0.15) is 0 Å². The van der Waals surface area contributed by atoms with Crippen LogP contribution in [-0.4, -0.2) is 40.1 Å². The van der Waals surface area contributed by atoms with E-state index in [-0.39, 0.29) is 22.9 Å². The third-order valence-electron chi connectivity index (χ3n) is 4.30. The summed E-state index contributed by atoms with van der Waals surface area (Å²) in [5, 5.41) is 11.3. The topological polar surface area (TPSA) is 120 Å². The maximum Gasteiger partial charge on any atom is 0.258 e. The van der Waals surface area contributed by atoms with Crippen LogP contribution in [0.25, 0.3) is 0 Å². The molecule has 0 atom stereocenters. The summed E-state index contributed by atoms with van der Waals surface area (Å²) in [5.74, 6) is 0.876. The Labute approximate surface area is 184 Å². The van der Waals surface area contributed by atoms with Crippen LogP contribution < -0.4 is 25.2 Å². The van der Waals surface area contributed by atoms with Crippen LogP contribution in [0.2, 0.25) is 0 Å². The number of nitrogens with two attached hydrogens (primary N) is 1. The SMILES string of the molecule is COc1cccc(CNCCc2ccc(S(N)(=O)=O)cc2)c1OCC(=O)NC(C)(C)C. The van der Waals surface area contributed by atoms with Crippen LogP contribution in [0.4, 0.5) is 0 Å². The lowest BCUT2D eigenvalue weighted by molar-refractivity contribution is -0.124. The van der Waals surface area contributed by atoms with E-state index in [1.54, 1.807) is 25.3 Å². The minimum Gasteiger partial charge on any atom is -0.493 e. The average Bonchev–Trinajstić information content (AvgIpc) is 2.68. The number of amides is 1. The van der Waals surface area contributed by atoms with Gasteiger partial charge in [0.25, 0.3) is 5.91 Å². The second-order valence-electron chi connectivity index (χ2n) is 8.15. The summed E-state index contributed by atoms with van der Waals surface area (Å²) in [6.45, 7) is 6.79. The molecule has 0 aliphatic rings. The van der Waals surface area contributed by atoms with Gasteiger partial charge < -0.3 is 20.1 Å². The van der Waals surface area contributed by atoms with Crippen LogP contribution >= 0.6 is 0 Å². The molecule has 0 saturated heterocycles. The van der Waals surface area contributed by atoms with Crippen molar-refractivity contribution in [2.24, 2.45) is 5.14 Å². The van der Waals surface area contributed by atoms with Gasteiger partial charge in [0, 0.05) is 17.6 Å². The van der Waals surface area contributed by atoms with Crippen molar-refractivity contribution in [3.63, 3.8) is 0 Å². The number of carbonyl (C=O) groups is 1. The molecule has 0 aliphatic heterocycles. The molecule has 8 nitrogen and oxygen atoms in total. The van der Waals surface area contributed by atoms with Gasteiger partial charge in [0.05, 0.1) is 12.0 Å². The highest BCUT2D eigenvalue weighted by molar-refractivity contribution is 7.89. The summed E-state index contributed by atoms with van der Waals surface area (Å²) >= 11 is 0. The van der Waals surface area contributed by atoms with E-state index in [0.717, 1.165) is 11.1 Å². The molecule has 170 valence electrons. The molecule has 2 aromatic carbocycles. The molecule has 0 unspecified atom stereocenters. The first kappa shape index (κ1) is 24.6.